The maximum Gasteiger partial charge on any atom is 0.337 e. The van der Waals surface area contributed by atoms with Crippen molar-refractivity contribution in [1.29, 1.82) is 0 Å². The Hall–Kier alpha value is -3.14. The van der Waals surface area contributed by atoms with Gasteiger partial charge in [-0.05, 0) is 19.9 Å². The Morgan fingerprint density at radius 1 is 1.48 bits per heavy atom. The average molecular weight is 311 g/mol. The van der Waals surface area contributed by atoms with Crippen molar-refractivity contribution >= 4 is 23.0 Å². The highest BCUT2D eigenvalue weighted by atomic mass is 16.5. The van der Waals surface area contributed by atoms with Crippen LogP contribution in [0.4, 0.5) is 11.5 Å². The summed E-state index contributed by atoms with van der Waals surface area (Å²) >= 11 is 0. The maximum absolute atomic E-state index is 11.5. The topological polar surface area (TPSA) is 87.4 Å². The fraction of sp³-hybridized carbons (Fsp3) is 0.250. The summed E-state index contributed by atoms with van der Waals surface area (Å²) < 4.78 is 6.21. The molecule has 0 amide bonds. The molecule has 0 aliphatic rings. The first-order valence-corrected chi connectivity index (χ1v) is 6.90. The molecule has 118 valence electrons. The van der Waals surface area contributed by atoms with Gasteiger partial charge in [0, 0.05) is 17.8 Å². The van der Waals surface area contributed by atoms with E-state index >= 15 is 0 Å². The first kappa shape index (κ1) is 16.2. The second kappa shape index (κ2) is 6.32. The summed E-state index contributed by atoms with van der Waals surface area (Å²) in [5.74, 6) is -0.204. The van der Waals surface area contributed by atoms with Crippen LogP contribution in [-0.2, 0) is 9.53 Å². The van der Waals surface area contributed by atoms with E-state index in [2.05, 4.69) is 26.2 Å². The molecule has 0 saturated heterocycles. The summed E-state index contributed by atoms with van der Waals surface area (Å²) in [5.41, 5.74) is 7.92. The van der Waals surface area contributed by atoms with Gasteiger partial charge in [-0.1, -0.05) is 12.6 Å². The van der Waals surface area contributed by atoms with Gasteiger partial charge in [-0.3, -0.25) is 9.67 Å². The number of aromatic nitrogens is 3. The minimum Gasteiger partial charge on any atom is -0.465 e. The molecule has 2 rings (SSSR count). The molecule has 0 bridgehead atoms. The highest BCUT2D eigenvalue weighted by molar-refractivity contribution is 6.15. The van der Waals surface area contributed by atoms with E-state index < -0.39 is 5.97 Å². The molecular formula is C16H17N5O2. The number of esters is 1. The van der Waals surface area contributed by atoms with Crippen LogP contribution in [0.5, 0.6) is 0 Å². The van der Waals surface area contributed by atoms with Crippen molar-refractivity contribution in [1.82, 2.24) is 14.8 Å². The number of nitrogens with zero attached hydrogens (tertiary/aromatic N) is 4. The van der Waals surface area contributed by atoms with Crippen molar-refractivity contribution in [2.24, 2.45) is 0 Å². The molecule has 7 heteroatoms. The second-order valence-corrected chi connectivity index (χ2v) is 5.13. The van der Waals surface area contributed by atoms with Crippen LogP contribution < -0.4 is 5.73 Å². The molecule has 2 aromatic rings. The Labute approximate surface area is 134 Å². The number of hydrogen-bond acceptors (Lipinski definition) is 5. The largest absolute Gasteiger partial charge is 0.465 e. The summed E-state index contributed by atoms with van der Waals surface area (Å²) in [6.07, 6.45) is 1.49. The molecule has 0 atom stereocenters. The molecule has 2 aromatic heterocycles. The number of nitrogen functional groups attached to an aromatic ring is 1. The monoisotopic (exact) mass is 311 g/mol. The summed E-state index contributed by atoms with van der Waals surface area (Å²) in [4.78, 5) is 19.2. The lowest BCUT2D eigenvalue weighted by atomic mass is 10.1. The van der Waals surface area contributed by atoms with E-state index in [0.29, 0.717) is 22.8 Å². The molecule has 0 saturated carbocycles. The van der Waals surface area contributed by atoms with Gasteiger partial charge >= 0.3 is 5.97 Å². The number of rotatable bonds is 4. The van der Waals surface area contributed by atoms with E-state index in [1.807, 2.05) is 13.8 Å². The van der Waals surface area contributed by atoms with Gasteiger partial charge in [0.2, 0.25) is 0 Å². The van der Waals surface area contributed by atoms with Gasteiger partial charge in [0.15, 0.2) is 0 Å². The number of carbonyl (C=O) groups is 1. The van der Waals surface area contributed by atoms with E-state index in [-0.39, 0.29) is 17.3 Å². The van der Waals surface area contributed by atoms with Crippen molar-refractivity contribution in [2.45, 2.75) is 19.9 Å². The Kier molecular flexibility index (Phi) is 4.46. The Balaban J connectivity index is 2.45. The predicted molar refractivity (Wildman–Crippen MR) is 87.6 cm³/mol. The van der Waals surface area contributed by atoms with Crippen LogP contribution in [0.2, 0.25) is 0 Å². The smallest absolute Gasteiger partial charge is 0.337 e. The van der Waals surface area contributed by atoms with Crippen LogP contribution >= 0.6 is 0 Å². The highest BCUT2D eigenvalue weighted by Gasteiger charge is 2.20. The summed E-state index contributed by atoms with van der Waals surface area (Å²) in [6, 6.07) is 3.38. The molecule has 0 aliphatic heterocycles. The highest BCUT2D eigenvalue weighted by Crippen LogP contribution is 2.35. The van der Waals surface area contributed by atoms with E-state index in [0.717, 1.165) is 0 Å². The molecule has 0 unspecified atom stereocenters. The van der Waals surface area contributed by atoms with Gasteiger partial charge in [-0.25, -0.2) is 9.64 Å². The fourth-order valence-corrected chi connectivity index (χ4v) is 2.07. The zero-order valence-electron chi connectivity index (χ0n) is 13.2. The molecule has 2 N–H and O–H groups in total. The van der Waals surface area contributed by atoms with Gasteiger partial charge in [0.05, 0.1) is 24.9 Å². The van der Waals surface area contributed by atoms with E-state index in [4.69, 9.17) is 12.3 Å². The molecule has 0 fully saturated rings. The van der Waals surface area contributed by atoms with Crippen molar-refractivity contribution < 1.29 is 9.53 Å². The number of anilines is 1. The Morgan fingerprint density at radius 3 is 2.65 bits per heavy atom. The first-order valence-electron chi connectivity index (χ1n) is 6.90. The first-order chi connectivity index (χ1) is 10.9. The standard InChI is InChI=1S/C16H17N5O2/c1-9(2)21-15(17)14(18-4)13(20-21)12-7-6-11(8-19-12)10(3)16(22)23-5/h6-9H,3,17H2,1-2,5H3. The molecular weight excluding hydrogens is 294 g/mol. The van der Waals surface area contributed by atoms with Gasteiger partial charge in [-0.2, -0.15) is 5.10 Å². The number of nitrogens with two attached hydrogens (primary N) is 1. The van der Waals surface area contributed by atoms with E-state index in [9.17, 15) is 4.79 Å². The van der Waals surface area contributed by atoms with Crippen molar-refractivity contribution in [3.05, 3.63) is 41.9 Å². The molecule has 0 aliphatic carbocycles. The lowest BCUT2D eigenvalue weighted by Gasteiger charge is -2.07. The van der Waals surface area contributed by atoms with Crippen molar-refractivity contribution in [2.75, 3.05) is 12.8 Å². The molecule has 23 heavy (non-hydrogen) atoms. The zero-order chi connectivity index (χ0) is 17.1. The number of ether oxygens (including phenoxy) is 1. The Bertz CT molecular complexity index is 797. The van der Waals surface area contributed by atoms with Crippen molar-refractivity contribution in [3.63, 3.8) is 0 Å². The third-order valence-corrected chi connectivity index (χ3v) is 3.31. The van der Waals surface area contributed by atoms with Gasteiger partial charge < -0.3 is 10.5 Å². The average Bonchev–Trinajstić information content (AvgIpc) is 2.90. The van der Waals surface area contributed by atoms with Crippen LogP contribution in [-0.4, -0.2) is 27.8 Å². The second-order valence-electron chi connectivity index (χ2n) is 5.13. The minimum atomic E-state index is -0.519. The molecule has 0 aromatic carbocycles. The zero-order valence-corrected chi connectivity index (χ0v) is 13.2. The fourth-order valence-electron chi connectivity index (χ4n) is 2.07. The van der Waals surface area contributed by atoms with E-state index in [1.165, 1.54) is 13.3 Å². The number of methoxy groups -OCH3 is 1. The van der Waals surface area contributed by atoms with Crippen LogP contribution in [0.3, 0.4) is 0 Å². The predicted octanol–water partition coefficient (Wildman–Crippen LogP) is 2.85. The van der Waals surface area contributed by atoms with Crippen LogP contribution in [0.15, 0.2) is 24.9 Å². The van der Waals surface area contributed by atoms with Crippen LogP contribution in [0.1, 0.15) is 25.5 Å². The quantitative estimate of drug-likeness (QED) is 0.533. The normalized spacial score (nSPS) is 10.4. The van der Waals surface area contributed by atoms with Gasteiger partial charge in [-0.15, -0.1) is 0 Å². The molecule has 7 nitrogen and oxygen atoms in total. The molecule has 2 heterocycles. The lowest BCUT2D eigenvalue weighted by Crippen LogP contribution is -2.06. The summed E-state index contributed by atoms with van der Waals surface area (Å²) in [5, 5.41) is 4.38. The van der Waals surface area contributed by atoms with Crippen LogP contribution in [0, 0.1) is 6.57 Å². The van der Waals surface area contributed by atoms with E-state index in [1.54, 1.807) is 16.8 Å². The third-order valence-electron chi connectivity index (χ3n) is 3.31. The van der Waals surface area contributed by atoms with Gasteiger partial charge in [0.25, 0.3) is 5.69 Å². The third kappa shape index (κ3) is 2.92. The molecule has 0 spiro atoms. The minimum absolute atomic E-state index is 0.0302. The maximum atomic E-state index is 11.5. The Morgan fingerprint density at radius 2 is 2.17 bits per heavy atom. The summed E-state index contributed by atoms with van der Waals surface area (Å²) in [7, 11) is 1.29. The lowest BCUT2D eigenvalue weighted by molar-refractivity contribution is -0.133. The summed E-state index contributed by atoms with van der Waals surface area (Å²) in [6.45, 7) is 14.8. The number of hydrogen-bond donors (Lipinski definition) is 1. The van der Waals surface area contributed by atoms with Gasteiger partial charge in [0.1, 0.15) is 11.5 Å². The van der Waals surface area contributed by atoms with Crippen LogP contribution in [0.25, 0.3) is 21.8 Å². The SMILES string of the molecule is [C-]#[N+]c1c(-c2ccc(C(=C)C(=O)OC)cn2)nn(C(C)C)c1N. The van der Waals surface area contributed by atoms with Crippen molar-refractivity contribution in [3.8, 4) is 11.4 Å². The number of pyridine rings is 1. The number of carbonyl (C=O) groups excluding carboxylic acids is 1. The molecule has 0 radical (unpaired) electrons.